The summed E-state index contributed by atoms with van der Waals surface area (Å²) in [5, 5.41) is 6.95. The summed E-state index contributed by atoms with van der Waals surface area (Å²) in [6.45, 7) is 0.880. The number of hydrogen-bond donors (Lipinski definition) is 2. The van der Waals surface area contributed by atoms with Crippen molar-refractivity contribution in [2.45, 2.75) is 31.2 Å². The summed E-state index contributed by atoms with van der Waals surface area (Å²) >= 11 is 0. The molecular formula is C20H25N3. The van der Waals surface area contributed by atoms with Gasteiger partial charge in [-0.15, -0.1) is 0 Å². The summed E-state index contributed by atoms with van der Waals surface area (Å²) in [6, 6.07) is 22.0. The first-order chi connectivity index (χ1) is 11.3. The lowest BCUT2D eigenvalue weighted by molar-refractivity contribution is 0.644. The van der Waals surface area contributed by atoms with Gasteiger partial charge in [0.2, 0.25) is 0 Å². The van der Waals surface area contributed by atoms with Gasteiger partial charge in [0.1, 0.15) is 0 Å². The van der Waals surface area contributed by atoms with Gasteiger partial charge in [0.15, 0.2) is 5.96 Å². The minimum atomic E-state index is 0.427. The monoisotopic (exact) mass is 307 g/mol. The molecule has 0 bridgehead atoms. The third-order valence-corrected chi connectivity index (χ3v) is 4.25. The number of nitrogens with one attached hydrogen (secondary N) is 2. The summed E-state index contributed by atoms with van der Waals surface area (Å²) in [7, 11) is 1.84. The molecule has 2 aromatic carbocycles. The molecule has 1 aliphatic rings. The second-order valence-corrected chi connectivity index (χ2v) is 6.17. The molecule has 2 N–H and O–H groups in total. The van der Waals surface area contributed by atoms with Crippen molar-refractivity contribution in [2.24, 2.45) is 4.99 Å². The molecule has 1 fully saturated rings. The fourth-order valence-electron chi connectivity index (χ4n) is 2.77. The average Bonchev–Trinajstić information content (AvgIpc) is 3.43. The van der Waals surface area contributed by atoms with Crippen LogP contribution in [0.1, 0.15) is 29.9 Å². The highest BCUT2D eigenvalue weighted by Gasteiger charge is 2.22. The first kappa shape index (κ1) is 15.6. The Morgan fingerprint density at radius 1 is 1.04 bits per heavy atom. The maximum Gasteiger partial charge on any atom is 0.191 e. The smallest absolute Gasteiger partial charge is 0.191 e. The van der Waals surface area contributed by atoms with E-state index in [0.717, 1.165) is 18.9 Å². The largest absolute Gasteiger partial charge is 0.356 e. The van der Waals surface area contributed by atoms with Gasteiger partial charge >= 0.3 is 0 Å². The maximum atomic E-state index is 4.34. The molecule has 23 heavy (non-hydrogen) atoms. The van der Waals surface area contributed by atoms with Gasteiger partial charge in [0.05, 0.1) is 0 Å². The van der Waals surface area contributed by atoms with E-state index in [2.05, 4.69) is 76.3 Å². The van der Waals surface area contributed by atoms with Crippen LogP contribution in [0.3, 0.4) is 0 Å². The lowest BCUT2D eigenvalue weighted by Gasteiger charge is -2.20. The van der Waals surface area contributed by atoms with Crippen LogP contribution in [-0.2, 0) is 6.42 Å². The van der Waals surface area contributed by atoms with Crippen LogP contribution in [0.5, 0.6) is 0 Å². The van der Waals surface area contributed by atoms with Crippen molar-refractivity contribution in [3.8, 4) is 0 Å². The first-order valence-corrected chi connectivity index (χ1v) is 8.41. The Bertz CT molecular complexity index is 618. The Balaban J connectivity index is 1.67. The Hall–Kier alpha value is -2.29. The van der Waals surface area contributed by atoms with E-state index in [1.807, 2.05) is 7.05 Å². The molecule has 1 saturated carbocycles. The van der Waals surface area contributed by atoms with Crippen molar-refractivity contribution in [3.63, 3.8) is 0 Å². The van der Waals surface area contributed by atoms with Crippen molar-refractivity contribution < 1.29 is 0 Å². The molecule has 0 aliphatic heterocycles. The van der Waals surface area contributed by atoms with Crippen LogP contribution < -0.4 is 10.6 Å². The van der Waals surface area contributed by atoms with Crippen LogP contribution in [0, 0.1) is 0 Å². The number of guanidine groups is 1. The summed E-state index contributed by atoms with van der Waals surface area (Å²) < 4.78 is 0. The molecule has 1 unspecified atom stereocenters. The van der Waals surface area contributed by atoms with E-state index in [4.69, 9.17) is 0 Å². The van der Waals surface area contributed by atoms with Gasteiger partial charge in [-0.1, -0.05) is 60.7 Å². The van der Waals surface area contributed by atoms with Crippen molar-refractivity contribution >= 4 is 5.96 Å². The van der Waals surface area contributed by atoms with Crippen molar-refractivity contribution in [3.05, 3.63) is 71.8 Å². The SMILES string of the molecule is CN=C(NCC(Cc1ccccc1)c1ccccc1)NC1CC1. The van der Waals surface area contributed by atoms with Crippen LogP contribution in [0.25, 0.3) is 0 Å². The lowest BCUT2D eigenvalue weighted by atomic mass is 9.92. The molecule has 0 aromatic heterocycles. The maximum absolute atomic E-state index is 4.34. The molecule has 3 rings (SSSR count). The van der Waals surface area contributed by atoms with Gasteiger partial charge in [0, 0.05) is 25.6 Å². The van der Waals surface area contributed by atoms with Gasteiger partial charge < -0.3 is 10.6 Å². The molecule has 1 aliphatic carbocycles. The van der Waals surface area contributed by atoms with Crippen LogP contribution in [0.4, 0.5) is 0 Å². The second kappa shape index (κ2) is 7.82. The zero-order chi connectivity index (χ0) is 15.9. The average molecular weight is 307 g/mol. The molecule has 3 nitrogen and oxygen atoms in total. The molecule has 120 valence electrons. The van der Waals surface area contributed by atoms with Gasteiger partial charge in [-0.2, -0.15) is 0 Å². The fraction of sp³-hybridized carbons (Fsp3) is 0.350. The predicted octanol–water partition coefficient (Wildman–Crippen LogP) is 3.34. The molecular weight excluding hydrogens is 282 g/mol. The van der Waals surface area contributed by atoms with E-state index < -0.39 is 0 Å². The zero-order valence-electron chi connectivity index (χ0n) is 13.7. The second-order valence-electron chi connectivity index (χ2n) is 6.17. The Morgan fingerprint density at radius 2 is 1.70 bits per heavy atom. The highest BCUT2D eigenvalue weighted by Crippen LogP contribution is 2.21. The normalized spacial score (nSPS) is 16.0. The molecule has 1 atom stereocenters. The Kier molecular flexibility index (Phi) is 5.30. The van der Waals surface area contributed by atoms with Gasteiger partial charge in [-0.05, 0) is 30.4 Å². The number of nitrogens with zero attached hydrogens (tertiary/aromatic N) is 1. The van der Waals surface area contributed by atoms with E-state index in [0.29, 0.717) is 12.0 Å². The van der Waals surface area contributed by atoms with Crippen LogP contribution in [-0.4, -0.2) is 25.6 Å². The Morgan fingerprint density at radius 3 is 2.30 bits per heavy atom. The van der Waals surface area contributed by atoms with E-state index in [-0.39, 0.29) is 0 Å². The number of benzene rings is 2. The van der Waals surface area contributed by atoms with Gasteiger partial charge in [0.25, 0.3) is 0 Å². The number of hydrogen-bond acceptors (Lipinski definition) is 1. The van der Waals surface area contributed by atoms with Crippen molar-refractivity contribution in [1.29, 1.82) is 0 Å². The minimum Gasteiger partial charge on any atom is -0.356 e. The quantitative estimate of drug-likeness (QED) is 0.634. The standard InChI is InChI=1S/C20H25N3/c1-21-20(23-19-12-13-19)22-15-18(17-10-6-3-7-11-17)14-16-8-4-2-5-9-16/h2-11,18-19H,12-15H2,1H3,(H2,21,22,23). The lowest BCUT2D eigenvalue weighted by Crippen LogP contribution is -2.40. The highest BCUT2D eigenvalue weighted by molar-refractivity contribution is 5.80. The number of rotatable bonds is 6. The molecule has 3 heteroatoms. The van der Waals surface area contributed by atoms with Crippen molar-refractivity contribution in [1.82, 2.24) is 10.6 Å². The first-order valence-electron chi connectivity index (χ1n) is 8.41. The Labute approximate surface area is 138 Å². The molecule has 0 heterocycles. The third-order valence-electron chi connectivity index (χ3n) is 4.25. The highest BCUT2D eigenvalue weighted by atomic mass is 15.2. The zero-order valence-corrected chi connectivity index (χ0v) is 13.7. The van der Waals surface area contributed by atoms with Crippen molar-refractivity contribution in [2.75, 3.05) is 13.6 Å². The molecule has 0 amide bonds. The van der Waals surface area contributed by atoms with E-state index in [1.54, 1.807) is 0 Å². The third kappa shape index (κ3) is 4.85. The molecule has 0 radical (unpaired) electrons. The molecule has 0 saturated heterocycles. The molecule has 2 aromatic rings. The van der Waals surface area contributed by atoms with Crippen LogP contribution in [0.2, 0.25) is 0 Å². The summed E-state index contributed by atoms with van der Waals surface area (Å²) in [5.74, 6) is 1.35. The van der Waals surface area contributed by atoms with E-state index in [9.17, 15) is 0 Å². The topological polar surface area (TPSA) is 36.4 Å². The van der Waals surface area contributed by atoms with Gasteiger partial charge in [-0.25, -0.2) is 0 Å². The van der Waals surface area contributed by atoms with Gasteiger partial charge in [-0.3, -0.25) is 4.99 Å². The summed E-state index contributed by atoms with van der Waals surface area (Å²) in [4.78, 5) is 4.34. The summed E-state index contributed by atoms with van der Waals surface area (Å²) in [5.41, 5.74) is 2.74. The van der Waals surface area contributed by atoms with E-state index >= 15 is 0 Å². The molecule has 0 spiro atoms. The summed E-state index contributed by atoms with van der Waals surface area (Å²) in [6.07, 6.45) is 3.54. The van der Waals surface area contributed by atoms with Crippen LogP contribution in [0.15, 0.2) is 65.7 Å². The minimum absolute atomic E-state index is 0.427. The van der Waals surface area contributed by atoms with Crippen LogP contribution >= 0.6 is 0 Å². The predicted molar refractivity (Wildman–Crippen MR) is 96.8 cm³/mol. The van der Waals surface area contributed by atoms with E-state index in [1.165, 1.54) is 24.0 Å². The fourth-order valence-corrected chi connectivity index (χ4v) is 2.77. The number of aliphatic imine (C=N–C) groups is 1.